The van der Waals surface area contributed by atoms with Crippen molar-refractivity contribution in [3.63, 3.8) is 0 Å². The third-order valence-corrected chi connectivity index (χ3v) is 4.47. The van der Waals surface area contributed by atoms with Crippen molar-refractivity contribution in [2.45, 2.75) is 25.9 Å². The molecule has 1 N–H and O–H groups in total. The molecule has 0 radical (unpaired) electrons. The third-order valence-electron chi connectivity index (χ3n) is 4.47. The molecular formula is C19H24N4O5. The molecule has 3 rings (SSSR count). The Hall–Kier alpha value is -2.94. The number of hydrogen-bond acceptors (Lipinski definition) is 8. The molecule has 28 heavy (non-hydrogen) atoms. The summed E-state index contributed by atoms with van der Waals surface area (Å²) < 4.78 is 15.2. The smallest absolute Gasteiger partial charge is 0.337 e. The van der Waals surface area contributed by atoms with Crippen LogP contribution >= 0.6 is 0 Å². The van der Waals surface area contributed by atoms with E-state index >= 15 is 0 Å². The summed E-state index contributed by atoms with van der Waals surface area (Å²) in [4.78, 5) is 29.9. The summed E-state index contributed by atoms with van der Waals surface area (Å²) in [6.45, 7) is 3.57. The van der Waals surface area contributed by atoms with E-state index in [0.29, 0.717) is 17.9 Å². The maximum atomic E-state index is 12.1. The van der Waals surface area contributed by atoms with E-state index in [2.05, 4.69) is 25.1 Å². The van der Waals surface area contributed by atoms with Crippen LogP contribution in [0.4, 0.5) is 0 Å². The highest BCUT2D eigenvalue weighted by atomic mass is 16.5. The van der Waals surface area contributed by atoms with E-state index in [-0.39, 0.29) is 18.3 Å². The number of nitrogens with one attached hydrogen (secondary N) is 1. The number of nitrogens with zero attached hydrogens (tertiary/aromatic N) is 3. The molecule has 2 heterocycles. The molecule has 1 aromatic carbocycles. The van der Waals surface area contributed by atoms with Crippen molar-refractivity contribution in [2.75, 3.05) is 33.3 Å². The van der Waals surface area contributed by atoms with E-state index in [1.807, 2.05) is 0 Å². The van der Waals surface area contributed by atoms with Gasteiger partial charge in [0.2, 0.25) is 5.82 Å². The van der Waals surface area contributed by atoms with E-state index in [1.165, 1.54) is 26.4 Å². The van der Waals surface area contributed by atoms with Crippen LogP contribution in [0.2, 0.25) is 0 Å². The van der Waals surface area contributed by atoms with Crippen LogP contribution in [0, 0.1) is 0 Å². The van der Waals surface area contributed by atoms with Gasteiger partial charge >= 0.3 is 17.8 Å². The highest BCUT2D eigenvalue weighted by Gasteiger charge is 2.16. The van der Waals surface area contributed by atoms with Crippen molar-refractivity contribution in [1.29, 1.82) is 0 Å². The van der Waals surface area contributed by atoms with Gasteiger partial charge in [-0.05, 0) is 50.2 Å². The summed E-state index contributed by atoms with van der Waals surface area (Å²) in [5, 5.41) is 6.55. The Morgan fingerprint density at radius 3 is 2.64 bits per heavy atom. The molecule has 0 unspecified atom stereocenters. The quantitative estimate of drug-likeness (QED) is 0.681. The fourth-order valence-corrected chi connectivity index (χ4v) is 2.94. The summed E-state index contributed by atoms with van der Waals surface area (Å²) in [6.07, 6.45) is 3.71. The molecule has 9 nitrogen and oxygen atoms in total. The zero-order chi connectivity index (χ0) is 19.8. The van der Waals surface area contributed by atoms with Gasteiger partial charge in [0.05, 0.1) is 12.7 Å². The Labute approximate surface area is 163 Å². The lowest BCUT2D eigenvalue weighted by Crippen LogP contribution is -2.37. The van der Waals surface area contributed by atoms with Gasteiger partial charge in [0, 0.05) is 13.1 Å². The van der Waals surface area contributed by atoms with E-state index in [4.69, 9.17) is 9.26 Å². The largest absolute Gasteiger partial charge is 0.485 e. The van der Waals surface area contributed by atoms with Crippen LogP contribution in [0.1, 0.15) is 46.1 Å². The maximum Gasteiger partial charge on any atom is 0.337 e. The molecule has 1 fully saturated rings. The first-order chi connectivity index (χ1) is 13.7. The molecule has 0 bridgehead atoms. The number of esters is 1. The highest BCUT2D eigenvalue weighted by molar-refractivity contribution is 5.89. The lowest BCUT2D eigenvalue weighted by Gasteiger charge is -2.26. The lowest BCUT2D eigenvalue weighted by molar-refractivity contribution is 0.0600. The van der Waals surface area contributed by atoms with Gasteiger partial charge in [-0.3, -0.25) is 4.79 Å². The molecule has 9 heteroatoms. The van der Waals surface area contributed by atoms with Crippen molar-refractivity contribution in [3.05, 3.63) is 41.5 Å². The first-order valence-electron chi connectivity index (χ1n) is 9.30. The van der Waals surface area contributed by atoms with Gasteiger partial charge in [0.1, 0.15) is 5.75 Å². The SMILES string of the molecule is COC(=O)c1ccc(OCc2noc(C(=O)NCCN3CCCCC3)n2)cc1. The number of amides is 1. The fourth-order valence-electron chi connectivity index (χ4n) is 2.94. The zero-order valence-corrected chi connectivity index (χ0v) is 15.8. The van der Waals surface area contributed by atoms with Gasteiger partial charge in [-0.1, -0.05) is 11.6 Å². The molecule has 0 atom stereocenters. The van der Waals surface area contributed by atoms with E-state index in [9.17, 15) is 9.59 Å². The third kappa shape index (κ3) is 5.53. The Kier molecular flexibility index (Phi) is 6.96. The summed E-state index contributed by atoms with van der Waals surface area (Å²) >= 11 is 0. The molecule has 2 aromatic rings. The Balaban J connectivity index is 1.43. The predicted molar refractivity (Wildman–Crippen MR) is 99.0 cm³/mol. The molecular weight excluding hydrogens is 364 g/mol. The summed E-state index contributed by atoms with van der Waals surface area (Å²) in [5.41, 5.74) is 0.429. The van der Waals surface area contributed by atoms with Crippen molar-refractivity contribution < 1.29 is 23.6 Å². The Morgan fingerprint density at radius 1 is 1.18 bits per heavy atom. The van der Waals surface area contributed by atoms with Crippen LogP contribution in [0.25, 0.3) is 0 Å². The molecule has 1 aliphatic rings. The minimum absolute atomic E-state index is 0.0438. The van der Waals surface area contributed by atoms with Gasteiger partial charge in [0.15, 0.2) is 6.61 Å². The topological polar surface area (TPSA) is 107 Å². The first kappa shape index (κ1) is 19.8. The molecule has 0 aliphatic carbocycles. The second-order valence-electron chi connectivity index (χ2n) is 6.48. The fraction of sp³-hybridized carbons (Fsp3) is 0.474. The van der Waals surface area contributed by atoms with E-state index < -0.39 is 11.9 Å². The molecule has 0 saturated carbocycles. The van der Waals surface area contributed by atoms with Gasteiger partial charge < -0.3 is 24.2 Å². The second-order valence-corrected chi connectivity index (χ2v) is 6.48. The molecule has 0 spiro atoms. The number of benzene rings is 1. The predicted octanol–water partition coefficient (Wildman–Crippen LogP) is 1.65. The Bertz CT molecular complexity index is 784. The number of carbonyl (C=O) groups excluding carboxylic acids is 2. The number of aromatic nitrogens is 2. The summed E-state index contributed by atoms with van der Waals surface area (Å²) in [5.74, 6) is -0.0969. The molecule has 1 amide bonds. The van der Waals surface area contributed by atoms with E-state index in [0.717, 1.165) is 19.6 Å². The number of carbonyl (C=O) groups is 2. The first-order valence-corrected chi connectivity index (χ1v) is 9.30. The van der Waals surface area contributed by atoms with Gasteiger partial charge in [0.25, 0.3) is 0 Å². The minimum Gasteiger partial charge on any atom is -0.485 e. The average Bonchev–Trinajstić information content (AvgIpc) is 3.22. The van der Waals surface area contributed by atoms with Gasteiger partial charge in [-0.15, -0.1) is 0 Å². The van der Waals surface area contributed by atoms with Crippen LogP contribution < -0.4 is 10.1 Å². The molecule has 1 saturated heterocycles. The van der Waals surface area contributed by atoms with Crippen LogP contribution in [-0.4, -0.2) is 60.2 Å². The number of hydrogen-bond donors (Lipinski definition) is 1. The number of piperidine rings is 1. The number of likely N-dealkylation sites (tertiary alicyclic amines) is 1. The lowest BCUT2D eigenvalue weighted by atomic mass is 10.1. The molecule has 1 aromatic heterocycles. The number of ether oxygens (including phenoxy) is 2. The second kappa shape index (κ2) is 9.84. The van der Waals surface area contributed by atoms with Gasteiger partial charge in [-0.2, -0.15) is 4.98 Å². The van der Waals surface area contributed by atoms with Crippen molar-refractivity contribution in [2.24, 2.45) is 0 Å². The average molecular weight is 388 g/mol. The van der Waals surface area contributed by atoms with Crippen molar-refractivity contribution >= 4 is 11.9 Å². The van der Waals surface area contributed by atoms with Crippen LogP contribution in [0.3, 0.4) is 0 Å². The zero-order valence-electron chi connectivity index (χ0n) is 15.8. The summed E-state index contributed by atoms with van der Waals surface area (Å²) in [6, 6.07) is 6.47. The normalized spacial score (nSPS) is 14.5. The van der Waals surface area contributed by atoms with Gasteiger partial charge in [-0.25, -0.2) is 4.79 Å². The van der Waals surface area contributed by atoms with Crippen LogP contribution in [0.15, 0.2) is 28.8 Å². The van der Waals surface area contributed by atoms with Crippen LogP contribution in [0.5, 0.6) is 5.75 Å². The monoisotopic (exact) mass is 388 g/mol. The molecule has 1 aliphatic heterocycles. The Morgan fingerprint density at radius 2 is 1.93 bits per heavy atom. The minimum atomic E-state index is -0.416. The maximum absolute atomic E-state index is 12.1. The number of rotatable bonds is 8. The van der Waals surface area contributed by atoms with E-state index in [1.54, 1.807) is 24.3 Å². The highest BCUT2D eigenvalue weighted by Crippen LogP contribution is 2.14. The van der Waals surface area contributed by atoms with Crippen molar-refractivity contribution in [3.8, 4) is 5.75 Å². The van der Waals surface area contributed by atoms with Crippen LogP contribution in [-0.2, 0) is 11.3 Å². The number of methoxy groups -OCH3 is 1. The van der Waals surface area contributed by atoms with Crippen molar-refractivity contribution in [1.82, 2.24) is 20.4 Å². The molecule has 150 valence electrons. The standard InChI is InChI=1S/C19H24N4O5/c1-26-19(25)14-5-7-15(8-6-14)27-13-16-21-18(28-22-16)17(24)20-9-12-23-10-3-2-4-11-23/h5-8H,2-4,9-13H2,1H3,(H,20,24). The summed E-state index contributed by atoms with van der Waals surface area (Å²) in [7, 11) is 1.32.